The van der Waals surface area contributed by atoms with Gasteiger partial charge < -0.3 is 15.0 Å². The molecule has 0 spiro atoms. The summed E-state index contributed by atoms with van der Waals surface area (Å²) < 4.78 is 6.23. The quantitative estimate of drug-likeness (QED) is 0.822. The van der Waals surface area contributed by atoms with E-state index >= 15 is 0 Å². The first-order valence-corrected chi connectivity index (χ1v) is 6.83. The summed E-state index contributed by atoms with van der Waals surface area (Å²) in [6.07, 6.45) is 1.57. The molecule has 0 fully saturated rings. The first-order chi connectivity index (χ1) is 9.29. The van der Waals surface area contributed by atoms with Crippen LogP contribution in [0.4, 0.5) is 5.69 Å². The van der Waals surface area contributed by atoms with Crippen molar-refractivity contribution in [1.82, 2.24) is 14.7 Å². The van der Waals surface area contributed by atoms with Crippen molar-refractivity contribution >= 4 is 17.3 Å². The van der Waals surface area contributed by atoms with Crippen LogP contribution in [-0.4, -0.2) is 54.6 Å². The molecule has 0 unspecified atom stereocenters. The van der Waals surface area contributed by atoms with Gasteiger partial charge in [-0.15, -0.1) is 0 Å². The first-order valence-electron chi connectivity index (χ1n) is 6.45. The Labute approximate surface area is 124 Å². The Morgan fingerprint density at radius 3 is 2.70 bits per heavy atom. The SMILES string of the molecule is COCCn1ncc(NCC(C)(C)N(C)C)c(Cl)c1=O. The molecule has 114 valence electrons. The number of rotatable bonds is 7. The van der Waals surface area contributed by atoms with Crippen LogP contribution in [0.15, 0.2) is 11.0 Å². The van der Waals surface area contributed by atoms with Gasteiger partial charge in [-0.2, -0.15) is 5.10 Å². The maximum absolute atomic E-state index is 12.0. The minimum absolute atomic E-state index is 0.0613. The highest BCUT2D eigenvalue weighted by Crippen LogP contribution is 2.18. The van der Waals surface area contributed by atoms with E-state index in [1.165, 1.54) is 4.68 Å². The van der Waals surface area contributed by atoms with Crippen molar-refractivity contribution < 1.29 is 4.74 Å². The second-order valence-electron chi connectivity index (χ2n) is 5.45. The lowest BCUT2D eigenvalue weighted by molar-refractivity contribution is 0.182. The zero-order chi connectivity index (χ0) is 15.3. The van der Waals surface area contributed by atoms with Crippen LogP contribution in [-0.2, 0) is 11.3 Å². The van der Waals surface area contributed by atoms with Crippen LogP contribution in [0.3, 0.4) is 0 Å². The molecule has 0 aromatic carbocycles. The fraction of sp³-hybridized carbons (Fsp3) is 0.692. The summed E-state index contributed by atoms with van der Waals surface area (Å²) in [5, 5.41) is 7.42. The van der Waals surface area contributed by atoms with Gasteiger partial charge in [-0.3, -0.25) is 4.79 Å². The molecule has 0 aliphatic carbocycles. The van der Waals surface area contributed by atoms with Gasteiger partial charge in [-0.05, 0) is 27.9 Å². The van der Waals surface area contributed by atoms with Gasteiger partial charge in [0.15, 0.2) is 0 Å². The molecule has 1 aromatic heterocycles. The molecular formula is C13H23ClN4O2. The second kappa shape index (κ2) is 7.06. The molecule has 1 heterocycles. The lowest BCUT2D eigenvalue weighted by Gasteiger charge is -2.33. The molecule has 20 heavy (non-hydrogen) atoms. The number of hydrogen-bond donors (Lipinski definition) is 1. The first kappa shape index (κ1) is 16.9. The van der Waals surface area contributed by atoms with E-state index in [2.05, 4.69) is 29.2 Å². The van der Waals surface area contributed by atoms with Crippen LogP contribution in [0, 0.1) is 0 Å². The van der Waals surface area contributed by atoms with Crippen molar-refractivity contribution in [3.05, 3.63) is 21.6 Å². The van der Waals surface area contributed by atoms with E-state index in [1.54, 1.807) is 13.3 Å². The molecule has 0 aliphatic heterocycles. The van der Waals surface area contributed by atoms with E-state index in [0.29, 0.717) is 25.4 Å². The summed E-state index contributed by atoms with van der Waals surface area (Å²) in [6, 6.07) is 0. The van der Waals surface area contributed by atoms with E-state index < -0.39 is 0 Å². The third kappa shape index (κ3) is 4.19. The van der Waals surface area contributed by atoms with Crippen LogP contribution in [0.25, 0.3) is 0 Å². The number of aromatic nitrogens is 2. The molecule has 6 nitrogen and oxygen atoms in total. The largest absolute Gasteiger partial charge is 0.383 e. The maximum atomic E-state index is 12.0. The van der Waals surface area contributed by atoms with E-state index in [-0.39, 0.29) is 16.1 Å². The lowest BCUT2D eigenvalue weighted by Crippen LogP contribution is -2.44. The number of likely N-dealkylation sites (N-methyl/N-ethyl adjacent to an activating group) is 1. The summed E-state index contributed by atoms with van der Waals surface area (Å²) in [4.78, 5) is 14.1. The lowest BCUT2D eigenvalue weighted by atomic mass is 10.0. The summed E-state index contributed by atoms with van der Waals surface area (Å²) in [5.41, 5.74) is 0.186. The molecule has 0 radical (unpaired) electrons. The van der Waals surface area contributed by atoms with Gasteiger partial charge in [0, 0.05) is 19.2 Å². The smallest absolute Gasteiger partial charge is 0.287 e. The van der Waals surface area contributed by atoms with Gasteiger partial charge >= 0.3 is 0 Å². The topological polar surface area (TPSA) is 59.4 Å². The molecule has 0 saturated heterocycles. The highest BCUT2D eigenvalue weighted by atomic mass is 35.5. The molecule has 0 aliphatic rings. The number of methoxy groups -OCH3 is 1. The molecular weight excluding hydrogens is 280 g/mol. The van der Waals surface area contributed by atoms with Crippen LogP contribution in [0.1, 0.15) is 13.8 Å². The highest BCUT2D eigenvalue weighted by Gasteiger charge is 2.21. The molecule has 1 rings (SSSR count). The third-order valence-electron chi connectivity index (χ3n) is 3.41. The standard InChI is InChI=1S/C13H23ClN4O2/c1-13(2,17(3)4)9-15-10-8-16-18(6-7-20-5)12(19)11(10)14/h8,15H,6-7,9H2,1-5H3. The zero-order valence-electron chi connectivity index (χ0n) is 12.7. The van der Waals surface area contributed by atoms with Crippen molar-refractivity contribution in [3.63, 3.8) is 0 Å². The molecule has 1 aromatic rings. The van der Waals surface area contributed by atoms with Crippen molar-refractivity contribution in [2.75, 3.05) is 39.7 Å². The summed E-state index contributed by atoms with van der Waals surface area (Å²) in [7, 11) is 5.58. The Balaban J connectivity index is 2.83. The number of anilines is 1. The minimum Gasteiger partial charge on any atom is -0.383 e. The van der Waals surface area contributed by atoms with Gasteiger partial charge in [0.1, 0.15) is 5.02 Å². The van der Waals surface area contributed by atoms with Crippen molar-refractivity contribution in [3.8, 4) is 0 Å². The van der Waals surface area contributed by atoms with Gasteiger partial charge in [0.05, 0.1) is 25.0 Å². The fourth-order valence-electron chi connectivity index (χ4n) is 1.39. The Morgan fingerprint density at radius 2 is 2.15 bits per heavy atom. The van der Waals surface area contributed by atoms with Gasteiger partial charge in [-0.25, -0.2) is 4.68 Å². The van der Waals surface area contributed by atoms with Crippen molar-refractivity contribution in [2.45, 2.75) is 25.9 Å². The number of ether oxygens (including phenoxy) is 1. The summed E-state index contributed by atoms with van der Waals surface area (Å²) >= 11 is 6.10. The number of nitrogens with one attached hydrogen (secondary N) is 1. The van der Waals surface area contributed by atoms with Gasteiger partial charge in [-0.1, -0.05) is 11.6 Å². The van der Waals surface area contributed by atoms with Crippen molar-refractivity contribution in [2.24, 2.45) is 0 Å². The molecule has 0 atom stereocenters. The van der Waals surface area contributed by atoms with Gasteiger partial charge in [0.25, 0.3) is 5.56 Å². The Bertz CT molecular complexity index is 500. The van der Waals surface area contributed by atoms with Crippen molar-refractivity contribution in [1.29, 1.82) is 0 Å². The van der Waals surface area contributed by atoms with Crippen LogP contribution >= 0.6 is 11.6 Å². The van der Waals surface area contributed by atoms with Crippen LogP contribution in [0.2, 0.25) is 5.02 Å². The molecule has 0 saturated carbocycles. The van der Waals surface area contributed by atoms with E-state index in [4.69, 9.17) is 16.3 Å². The van der Waals surface area contributed by atoms with Crippen LogP contribution < -0.4 is 10.9 Å². The average molecular weight is 303 g/mol. The normalized spacial score (nSPS) is 11.9. The molecule has 1 N–H and O–H groups in total. The summed E-state index contributed by atoms with van der Waals surface area (Å²) in [6.45, 7) is 5.66. The minimum atomic E-state index is -0.309. The van der Waals surface area contributed by atoms with Crippen LogP contribution in [0.5, 0.6) is 0 Å². The predicted molar refractivity (Wildman–Crippen MR) is 81.6 cm³/mol. The Hall–Kier alpha value is -1.11. The zero-order valence-corrected chi connectivity index (χ0v) is 13.5. The number of halogens is 1. The fourth-order valence-corrected chi connectivity index (χ4v) is 1.61. The Kier molecular flexibility index (Phi) is 5.98. The second-order valence-corrected chi connectivity index (χ2v) is 5.83. The summed E-state index contributed by atoms with van der Waals surface area (Å²) in [5.74, 6) is 0. The van der Waals surface area contributed by atoms with E-state index in [9.17, 15) is 4.79 Å². The van der Waals surface area contributed by atoms with Gasteiger partial charge in [0.2, 0.25) is 0 Å². The predicted octanol–water partition coefficient (Wildman–Crippen LogP) is 1.30. The third-order valence-corrected chi connectivity index (χ3v) is 3.78. The van der Waals surface area contributed by atoms with E-state index in [1.807, 2.05) is 14.1 Å². The maximum Gasteiger partial charge on any atom is 0.287 e. The molecule has 7 heteroatoms. The number of hydrogen-bond acceptors (Lipinski definition) is 5. The molecule has 0 amide bonds. The number of nitrogens with zero attached hydrogens (tertiary/aromatic N) is 3. The molecule has 0 bridgehead atoms. The monoisotopic (exact) mass is 302 g/mol. The Morgan fingerprint density at radius 1 is 1.50 bits per heavy atom. The van der Waals surface area contributed by atoms with E-state index in [0.717, 1.165) is 0 Å². The highest BCUT2D eigenvalue weighted by molar-refractivity contribution is 6.32. The average Bonchev–Trinajstić information content (AvgIpc) is 2.39.